The normalized spacial score (nSPS) is 13.0. The number of alkyl halides is 5. The summed E-state index contributed by atoms with van der Waals surface area (Å²) in [5.41, 5.74) is -1.15. The van der Waals surface area contributed by atoms with Crippen LogP contribution < -0.4 is 5.56 Å². The molecule has 0 bridgehead atoms. The Labute approximate surface area is 150 Å². The zero-order chi connectivity index (χ0) is 20.5. The SMILES string of the molecule is CCS(=O)(=O)c1cccnc1-c1cc(=O)n(CCC(F)(F)C(F)(F)F)cn1. The molecule has 27 heavy (non-hydrogen) atoms. The number of rotatable bonds is 6. The van der Waals surface area contributed by atoms with Crippen LogP contribution >= 0.6 is 0 Å². The molecule has 148 valence electrons. The second-order valence-electron chi connectivity index (χ2n) is 5.51. The van der Waals surface area contributed by atoms with E-state index in [4.69, 9.17) is 0 Å². The highest BCUT2D eigenvalue weighted by Gasteiger charge is 2.56. The third-order valence-corrected chi connectivity index (χ3v) is 5.45. The van der Waals surface area contributed by atoms with Crippen molar-refractivity contribution in [1.82, 2.24) is 14.5 Å². The average molecular weight is 411 g/mol. The average Bonchev–Trinajstić information content (AvgIpc) is 2.59. The molecule has 2 heterocycles. The third-order valence-electron chi connectivity index (χ3n) is 3.69. The van der Waals surface area contributed by atoms with E-state index >= 15 is 0 Å². The summed E-state index contributed by atoms with van der Waals surface area (Å²) in [6.45, 7) is 0.499. The molecule has 2 aromatic rings. The molecule has 0 amide bonds. The Bertz CT molecular complexity index is 987. The summed E-state index contributed by atoms with van der Waals surface area (Å²) < 4.78 is 87.3. The van der Waals surface area contributed by atoms with E-state index in [9.17, 15) is 35.2 Å². The minimum atomic E-state index is -5.72. The van der Waals surface area contributed by atoms with E-state index in [1.165, 1.54) is 25.3 Å². The fourth-order valence-corrected chi connectivity index (χ4v) is 3.16. The Kier molecular flexibility index (Phi) is 5.68. The van der Waals surface area contributed by atoms with Gasteiger partial charge >= 0.3 is 12.1 Å². The van der Waals surface area contributed by atoms with Gasteiger partial charge < -0.3 is 0 Å². The number of pyridine rings is 1. The van der Waals surface area contributed by atoms with Crippen molar-refractivity contribution < 1.29 is 30.4 Å². The van der Waals surface area contributed by atoms with Crippen LogP contribution in [0.1, 0.15) is 13.3 Å². The topological polar surface area (TPSA) is 81.9 Å². The second-order valence-corrected chi connectivity index (χ2v) is 7.76. The Morgan fingerprint density at radius 3 is 2.37 bits per heavy atom. The zero-order valence-electron chi connectivity index (χ0n) is 13.9. The Morgan fingerprint density at radius 2 is 1.81 bits per heavy atom. The largest absolute Gasteiger partial charge is 0.453 e. The molecule has 0 fully saturated rings. The first-order chi connectivity index (χ1) is 12.4. The van der Waals surface area contributed by atoms with Gasteiger partial charge in [-0.25, -0.2) is 13.4 Å². The van der Waals surface area contributed by atoms with Crippen molar-refractivity contribution in [1.29, 1.82) is 0 Å². The number of halogens is 5. The first-order valence-electron chi connectivity index (χ1n) is 7.58. The van der Waals surface area contributed by atoms with Crippen LogP contribution in [0.15, 0.2) is 40.4 Å². The molecule has 0 unspecified atom stereocenters. The quantitative estimate of drug-likeness (QED) is 0.683. The maximum Gasteiger partial charge on any atom is 0.453 e. The van der Waals surface area contributed by atoms with Gasteiger partial charge in [-0.2, -0.15) is 22.0 Å². The van der Waals surface area contributed by atoms with E-state index in [0.717, 1.165) is 12.4 Å². The van der Waals surface area contributed by atoms with E-state index in [1.807, 2.05) is 0 Å². The van der Waals surface area contributed by atoms with Gasteiger partial charge in [0, 0.05) is 25.2 Å². The lowest BCUT2D eigenvalue weighted by atomic mass is 10.2. The zero-order valence-corrected chi connectivity index (χ0v) is 14.7. The van der Waals surface area contributed by atoms with Gasteiger partial charge in [-0.05, 0) is 12.1 Å². The van der Waals surface area contributed by atoms with Crippen molar-refractivity contribution in [3.8, 4) is 11.4 Å². The first kappa shape index (κ1) is 20.9. The van der Waals surface area contributed by atoms with Gasteiger partial charge in [0.05, 0.1) is 22.7 Å². The van der Waals surface area contributed by atoms with Crippen molar-refractivity contribution in [2.75, 3.05) is 5.75 Å². The number of sulfone groups is 1. The van der Waals surface area contributed by atoms with E-state index in [2.05, 4.69) is 9.97 Å². The molecule has 0 aliphatic rings. The molecule has 0 saturated carbocycles. The fourth-order valence-electron chi connectivity index (χ4n) is 2.12. The van der Waals surface area contributed by atoms with Crippen LogP contribution in [0.5, 0.6) is 0 Å². The highest BCUT2D eigenvalue weighted by atomic mass is 32.2. The molecule has 2 aromatic heterocycles. The summed E-state index contributed by atoms with van der Waals surface area (Å²) in [5.74, 6) is -5.18. The lowest BCUT2D eigenvalue weighted by Crippen LogP contribution is -2.38. The summed E-state index contributed by atoms with van der Waals surface area (Å²) in [5, 5.41) is 0. The molecular formula is C15H14F5N3O3S. The van der Waals surface area contributed by atoms with Crippen LogP contribution in [0.4, 0.5) is 22.0 Å². The van der Waals surface area contributed by atoms with E-state index in [-0.39, 0.29) is 22.0 Å². The van der Waals surface area contributed by atoms with Gasteiger partial charge in [0.15, 0.2) is 9.84 Å². The monoisotopic (exact) mass is 411 g/mol. The Hall–Kier alpha value is -2.37. The molecule has 0 aliphatic heterocycles. The van der Waals surface area contributed by atoms with Crippen molar-refractivity contribution in [3.63, 3.8) is 0 Å². The minimum absolute atomic E-state index is 0.107. The van der Waals surface area contributed by atoms with Crippen molar-refractivity contribution in [2.24, 2.45) is 0 Å². The van der Waals surface area contributed by atoms with Crippen LogP contribution in [-0.2, 0) is 16.4 Å². The van der Waals surface area contributed by atoms with Crippen LogP contribution in [0.3, 0.4) is 0 Å². The summed E-state index contributed by atoms with van der Waals surface area (Å²) in [7, 11) is -3.68. The number of aromatic nitrogens is 3. The maximum atomic E-state index is 13.0. The van der Waals surface area contributed by atoms with Gasteiger partial charge in [0.25, 0.3) is 5.56 Å². The van der Waals surface area contributed by atoms with Crippen LogP contribution in [-0.4, -0.2) is 40.8 Å². The molecule has 12 heteroatoms. The lowest BCUT2D eigenvalue weighted by Gasteiger charge is -2.19. The van der Waals surface area contributed by atoms with Gasteiger partial charge in [-0.3, -0.25) is 14.3 Å². The Morgan fingerprint density at radius 1 is 1.15 bits per heavy atom. The van der Waals surface area contributed by atoms with E-state index in [0.29, 0.717) is 4.57 Å². The molecule has 0 aliphatic carbocycles. The highest BCUT2D eigenvalue weighted by Crippen LogP contribution is 2.38. The fraction of sp³-hybridized carbons (Fsp3) is 0.400. The van der Waals surface area contributed by atoms with Crippen molar-refractivity contribution in [3.05, 3.63) is 41.1 Å². The Balaban J connectivity index is 2.36. The number of hydrogen-bond donors (Lipinski definition) is 0. The summed E-state index contributed by atoms with van der Waals surface area (Å²) in [6.07, 6.45) is -5.29. The predicted octanol–water partition coefficient (Wildman–Crippen LogP) is 2.69. The van der Waals surface area contributed by atoms with Crippen molar-refractivity contribution >= 4 is 9.84 Å². The van der Waals surface area contributed by atoms with Gasteiger partial charge in [0.2, 0.25) is 0 Å². The van der Waals surface area contributed by atoms with E-state index < -0.39 is 40.5 Å². The number of aryl methyl sites for hydroxylation is 1. The second kappa shape index (κ2) is 7.33. The summed E-state index contributed by atoms with van der Waals surface area (Å²) in [4.78, 5) is 19.5. The molecule has 6 nitrogen and oxygen atoms in total. The molecule has 0 aromatic carbocycles. The predicted molar refractivity (Wildman–Crippen MR) is 85.1 cm³/mol. The van der Waals surface area contributed by atoms with Gasteiger partial charge in [-0.1, -0.05) is 6.92 Å². The van der Waals surface area contributed by atoms with Gasteiger partial charge in [-0.15, -0.1) is 0 Å². The standard InChI is InChI=1S/C15H14F5N3O3S/c1-2-27(25,26)11-4-3-6-21-13(11)10-8-12(24)23(9-22-10)7-5-14(16,17)15(18,19)20/h3-4,6,8-9H,2,5,7H2,1H3. The number of nitrogens with zero attached hydrogens (tertiary/aromatic N) is 3. The maximum absolute atomic E-state index is 13.0. The smallest absolute Gasteiger partial charge is 0.299 e. The van der Waals surface area contributed by atoms with Crippen LogP contribution in [0.25, 0.3) is 11.4 Å². The van der Waals surface area contributed by atoms with E-state index in [1.54, 1.807) is 0 Å². The third kappa shape index (κ3) is 4.49. The van der Waals surface area contributed by atoms with Crippen LogP contribution in [0.2, 0.25) is 0 Å². The van der Waals surface area contributed by atoms with Crippen molar-refractivity contribution in [2.45, 2.75) is 36.9 Å². The summed E-state index contributed by atoms with van der Waals surface area (Å²) >= 11 is 0. The number of hydrogen-bond acceptors (Lipinski definition) is 5. The van der Waals surface area contributed by atoms with Gasteiger partial charge in [0.1, 0.15) is 5.69 Å². The molecule has 0 saturated heterocycles. The molecule has 0 radical (unpaired) electrons. The molecule has 2 rings (SSSR count). The highest BCUT2D eigenvalue weighted by molar-refractivity contribution is 7.91. The lowest BCUT2D eigenvalue weighted by molar-refractivity contribution is -0.285. The van der Waals surface area contributed by atoms with Crippen LogP contribution in [0, 0.1) is 0 Å². The first-order valence-corrected chi connectivity index (χ1v) is 9.23. The molecular weight excluding hydrogens is 397 g/mol. The summed E-state index contributed by atoms with van der Waals surface area (Å²) in [6, 6.07) is 3.49. The molecule has 0 spiro atoms. The minimum Gasteiger partial charge on any atom is -0.299 e. The molecule has 0 N–H and O–H groups in total. The molecule has 0 atom stereocenters.